The SMILES string of the molecule is O=c1ccc2ccccc2[nH]1.[Ga+3]. The second-order valence-corrected chi connectivity index (χ2v) is 2.41. The van der Waals surface area contributed by atoms with Crippen molar-refractivity contribution in [3.8, 4) is 0 Å². The quantitative estimate of drug-likeness (QED) is 0.656. The van der Waals surface area contributed by atoms with Gasteiger partial charge in [0.25, 0.3) is 0 Å². The van der Waals surface area contributed by atoms with Crippen molar-refractivity contribution in [3.05, 3.63) is 46.8 Å². The minimum atomic E-state index is -0.0521. The van der Waals surface area contributed by atoms with E-state index < -0.39 is 0 Å². The molecule has 0 fully saturated rings. The normalized spacial score (nSPS) is 9.33. The van der Waals surface area contributed by atoms with Crippen LogP contribution < -0.4 is 5.56 Å². The number of pyridine rings is 1. The Hall–Kier alpha value is -0.934. The van der Waals surface area contributed by atoms with Gasteiger partial charge in [-0.25, -0.2) is 0 Å². The summed E-state index contributed by atoms with van der Waals surface area (Å²) in [6.45, 7) is 0. The summed E-state index contributed by atoms with van der Waals surface area (Å²) in [6.07, 6.45) is 0. The maximum atomic E-state index is 10.8. The summed E-state index contributed by atoms with van der Waals surface area (Å²) in [5.74, 6) is 0. The van der Waals surface area contributed by atoms with Crippen molar-refractivity contribution in [3.63, 3.8) is 0 Å². The molecule has 1 aromatic heterocycles. The largest absolute Gasteiger partial charge is 3.00 e. The number of nitrogens with one attached hydrogen (secondary N) is 1. The second kappa shape index (κ2) is 3.65. The van der Waals surface area contributed by atoms with E-state index >= 15 is 0 Å². The molecule has 12 heavy (non-hydrogen) atoms. The van der Waals surface area contributed by atoms with Crippen LogP contribution in [-0.4, -0.2) is 24.8 Å². The zero-order chi connectivity index (χ0) is 7.68. The van der Waals surface area contributed by atoms with Crippen LogP contribution in [0.3, 0.4) is 0 Å². The van der Waals surface area contributed by atoms with Crippen LogP contribution in [0.5, 0.6) is 0 Å². The van der Waals surface area contributed by atoms with Crippen LogP contribution in [0.4, 0.5) is 0 Å². The molecule has 0 aliphatic heterocycles. The topological polar surface area (TPSA) is 32.9 Å². The molecule has 0 aliphatic rings. The van der Waals surface area contributed by atoms with Gasteiger partial charge >= 0.3 is 19.8 Å². The Balaban J connectivity index is 0.000000720. The molecular weight excluding hydrogens is 208 g/mol. The van der Waals surface area contributed by atoms with Crippen molar-refractivity contribution in [2.75, 3.05) is 0 Å². The number of aromatic nitrogens is 1. The minimum Gasteiger partial charge on any atom is -0.322 e. The summed E-state index contributed by atoms with van der Waals surface area (Å²) in [4.78, 5) is 13.6. The standard InChI is InChI=1S/C9H7NO.Ga/c11-9-6-5-7-3-1-2-4-8(7)10-9;/h1-6H,(H,10,11);/q;+3. The number of H-pyrrole nitrogens is 1. The maximum Gasteiger partial charge on any atom is 3.00 e. The zero-order valence-corrected chi connectivity index (χ0v) is 8.87. The smallest absolute Gasteiger partial charge is 0.322 e. The Kier molecular flexibility index (Phi) is 2.78. The van der Waals surface area contributed by atoms with E-state index in [-0.39, 0.29) is 25.3 Å². The first-order valence-corrected chi connectivity index (χ1v) is 3.44. The molecule has 3 heteroatoms. The fraction of sp³-hybridized carbons (Fsp3) is 0. The minimum absolute atomic E-state index is 0. The number of para-hydroxylation sites is 1. The summed E-state index contributed by atoms with van der Waals surface area (Å²) < 4.78 is 0. The second-order valence-electron chi connectivity index (χ2n) is 2.41. The van der Waals surface area contributed by atoms with E-state index in [4.69, 9.17) is 0 Å². The molecule has 1 heterocycles. The van der Waals surface area contributed by atoms with Gasteiger partial charge in [-0.2, -0.15) is 0 Å². The molecule has 0 spiro atoms. The molecule has 0 saturated carbocycles. The average molecular weight is 215 g/mol. The van der Waals surface area contributed by atoms with E-state index in [0.29, 0.717) is 0 Å². The van der Waals surface area contributed by atoms with Gasteiger partial charge in [0.05, 0.1) is 0 Å². The van der Waals surface area contributed by atoms with E-state index in [0.717, 1.165) is 10.9 Å². The first-order valence-electron chi connectivity index (χ1n) is 3.44. The van der Waals surface area contributed by atoms with Gasteiger partial charge in [-0.3, -0.25) is 4.79 Å². The third-order valence-electron chi connectivity index (χ3n) is 1.63. The Morgan fingerprint density at radius 2 is 1.75 bits per heavy atom. The van der Waals surface area contributed by atoms with Gasteiger partial charge in [-0.15, -0.1) is 0 Å². The van der Waals surface area contributed by atoms with Crippen LogP contribution in [0.2, 0.25) is 0 Å². The van der Waals surface area contributed by atoms with Crippen LogP contribution in [0.1, 0.15) is 0 Å². The summed E-state index contributed by atoms with van der Waals surface area (Å²) in [5, 5.41) is 1.06. The number of aromatic amines is 1. The van der Waals surface area contributed by atoms with Crippen LogP contribution in [0.15, 0.2) is 41.2 Å². The Morgan fingerprint density at radius 1 is 1.00 bits per heavy atom. The Labute approximate surface area is 82.7 Å². The molecule has 2 nitrogen and oxygen atoms in total. The number of benzene rings is 1. The van der Waals surface area contributed by atoms with Gasteiger partial charge in [-0.1, -0.05) is 18.2 Å². The number of fused-ring (bicyclic) bond motifs is 1. The van der Waals surface area contributed by atoms with Gasteiger partial charge in [0, 0.05) is 11.6 Å². The number of hydrogen-bond acceptors (Lipinski definition) is 1. The van der Waals surface area contributed by atoms with Gasteiger partial charge in [0.15, 0.2) is 0 Å². The van der Waals surface area contributed by atoms with E-state index in [1.165, 1.54) is 6.07 Å². The number of hydrogen-bond donors (Lipinski definition) is 1. The molecule has 1 N–H and O–H groups in total. The van der Waals surface area contributed by atoms with E-state index in [1.807, 2.05) is 30.3 Å². The van der Waals surface area contributed by atoms with Crippen molar-refractivity contribution in [2.24, 2.45) is 0 Å². The van der Waals surface area contributed by atoms with Crippen LogP contribution in [-0.2, 0) is 0 Å². The fourth-order valence-electron chi connectivity index (χ4n) is 1.10. The van der Waals surface area contributed by atoms with Gasteiger partial charge in [-0.05, 0) is 17.5 Å². The van der Waals surface area contributed by atoms with E-state index in [1.54, 1.807) is 0 Å². The number of rotatable bonds is 0. The molecule has 0 atom stereocenters. The summed E-state index contributed by atoms with van der Waals surface area (Å²) in [6, 6.07) is 11.0. The Morgan fingerprint density at radius 3 is 2.58 bits per heavy atom. The van der Waals surface area contributed by atoms with Crippen molar-refractivity contribution in [2.45, 2.75) is 0 Å². The van der Waals surface area contributed by atoms with Crippen molar-refractivity contribution < 1.29 is 0 Å². The fourth-order valence-corrected chi connectivity index (χ4v) is 1.10. The first kappa shape index (κ1) is 9.16. The monoisotopic (exact) mass is 214 g/mol. The molecule has 0 amide bonds. The summed E-state index contributed by atoms with van der Waals surface area (Å²) >= 11 is 0. The van der Waals surface area contributed by atoms with Crippen LogP contribution in [0.25, 0.3) is 10.9 Å². The predicted molar refractivity (Wildman–Crippen MR) is 50.3 cm³/mol. The molecule has 2 rings (SSSR count). The molecule has 0 bridgehead atoms. The van der Waals surface area contributed by atoms with Crippen molar-refractivity contribution >= 4 is 30.7 Å². The molecule has 0 radical (unpaired) electrons. The van der Waals surface area contributed by atoms with Gasteiger partial charge in [0.2, 0.25) is 5.56 Å². The Bertz CT molecular complexity index is 435. The third kappa shape index (κ3) is 1.62. The predicted octanol–water partition coefficient (Wildman–Crippen LogP) is 1.15. The van der Waals surface area contributed by atoms with Crippen molar-refractivity contribution in [1.29, 1.82) is 0 Å². The van der Waals surface area contributed by atoms with Gasteiger partial charge in [0.1, 0.15) is 0 Å². The zero-order valence-electron chi connectivity index (χ0n) is 6.45. The average Bonchev–Trinajstić information content (AvgIpc) is 2.04. The summed E-state index contributed by atoms with van der Waals surface area (Å²) in [5.41, 5.74) is 0.837. The maximum absolute atomic E-state index is 10.8. The third-order valence-corrected chi connectivity index (χ3v) is 1.63. The molecule has 0 saturated heterocycles. The van der Waals surface area contributed by atoms with E-state index in [9.17, 15) is 4.79 Å². The summed E-state index contributed by atoms with van der Waals surface area (Å²) in [7, 11) is 0. The van der Waals surface area contributed by atoms with E-state index in [2.05, 4.69) is 4.98 Å². The molecule has 54 valence electrons. The van der Waals surface area contributed by atoms with Crippen LogP contribution in [0, 0.1) is 0 Å². The molecular formula is C9H7GaNO+3. The molecule has 2 aromatic rings. The molecule has 0 unspecified atom stereocenters. The first-order chi connectivity index (χ1) is 5.36. The van der Waals surface area contributed by atoms with Crippen molar-refractivity contribution in [1.82, 2.24) is 4.98 Å². The molecule has 1 aromatic carbocycles. The van der Waals surface area contributed by atoms with Crippen LogP contribution >= 0.6 is 0 Å². The van der Waals surface area contributed by atoms with Gasteiger partial charge < -0.3 is 4.98 Å². The molecule has 0 aliphatic carbocycles.